The molecule has 4 heteroatoms. The molecule has 0 saturated heterocycles. The first-order chi connectivity index (χ1) is 8.70. The van der Waals surface area contributed by atoms with Gasteiger partial charge in [-0.2, -0.15) is 0 Å². The van der Waals surface area contributed by atoms with Crippen LogP contribution >= 0.6 is 0 Å². The lowest BCUT2D eigenvalue weighted by Gasteiger charge is -2.37. The van der Waals surface area contributed by atoms with Crippen molar-refractivity contribution in [2.45, 2.75) is 31.8 Å². The van der Waals surface area contributed by atoms with Crippen LogP contribution < -0.4 is 0 Å². The Kier molecular flexibility index (Phi) is 4.33. The number of carbonyl (C=O) groups is 1. The Hall–Kier alpha value is -1.39. The van der Waals surface area contributed by atoms with E-state index in [0.717, 1.165) is 12.1 Å². The number of rotatable bonds is 6. The zero-order valence-electron chi connectivity index (χ0n) is 10.4. The minimum Gasteiger partial charge on any atom is -0.478 e. The predicted octanol–water partition coefficient (Wildman–Crippen LogP) is 1.73. The Morgan fingerprint density at radius 2 is 1.94 bits per heavy atom. The lowest BCUT2D eigenvalue weighted by Crippen LogP contribution is -2.41. The highest BCUT2D eigenvalue weighted by Crippen LogP contribution is 2.25. The van der Waals surface area contributed by atoms with Crippen LogP contribution in [0, 0.1) is 0 Å². The number of hydrogen-bond donors (Lipinski definition) is 2. The second kappa shape index (κ2) is 5.98. The molecular weight excluding hydrogens is 230 g/mol. The molecule has 2 rings (SSSR count). The van der Waals surface area contributed by atoms with E-state index in [4.69, 9.17) is 10.2 Å². The number of hydrogen-bond acceptors (Lipinski definition) is 3. The van der Waals surface area contributed by atoms with Crippen molar-refractivity contribution in [3.05, 3.63) is 35.4 Å². The molecule has 1 aromatic rings. The normalized spacial score (nSPS) is 15.7. The predicted molar refractivity (Wildman–Crippen MR) is 68.5 cm³/mol. The summed E-state index contributed by atoms with van der Waals surface area (Å²) in [4.78, 5) is 13.0. The fraction of sp³-hybridized carbons (Fsp3) is 0.500. The van der Waals surface area contributed by atoms with Crippen LogP contribution in [-0.2, 0) is 6.54 Å². The molecule has 98 valence electrons. The van der Waals surface area contributed by atoms with Crippen LogP contribution in [0.25, 0.3) is 0 Å². The second-order valence-corrected chi connectivity index (χ2v) is 4.78. The third-order valence-electron chi connectivity index (χ3n) is 3.56. The average molecular weight is 249 g/mol. The largest absolute Gasteiger partial charge is 0.478 e. The number of aliphatic hydroxyl groups is 1. The first-order valence-electron chi connectivity index (χ1n) is 6.38. The first-order valence-corrected chi connectivity index (χ1v) is 6.38. The number of aliphatic hydroxyl groups excluding tert-OH is 1. The van der Waals surface area contributed by atoms with E-state index < -0.39 is 5.97 Å². The summed E-state index contributed by atoms with van der Waals surface area (Å²) in [5.74, 6) is -0.896. The van der Waals surface area contributed by atoms with Crippen molar-refractivity contribution in [3.63, 3.8) is 0 Å². The standard InChI is InChI=1S/C14H19NO3/c16-9-8-15(13-2-1-3-13)10-11-4-6-12(7-5-11)14(17)18/h4-7,13,16H,1-3,8-10H2,(H,17,18). The highest BCUT2D eigenvalue weighted by atomic mass is 16.4. The minimum absolute atomic E-state index is 0.170. The molecule has 0 unspecified atom stereocenters. The van der Waals surface area contributed by atoms with Crippen LogP contribution in [0.3, 0.4) is 0 Å². The topological polar surface area (TPSA) is 60.8 Å². The van der Waals surface area contributed by atoms with Gasteiger partial charge < -0.3 is 10.2 Å². The molecule has 0 aromatic heterocycles. The van der Waals surface area contributed by atoms with Crippen LogP contribution in [0.4, 0.5) is 0 Å². The molecule has 0 aliphatic heterocycles. The number of carboxylic acid groups (broad SMARTS) is 1. The van der Waals surface area contributed by atoms with Crippen LogP contribution in [0.5, 0.6) is 0 Å². The summed E-state index contributed by atoms with van der Waals surface area (Å²) < 4.78 is 0. The molecule has 1 aromatic carbocycles. The van der Waals surface area contributed by atoms with E-state index in [1.165, 1.54) is 19.3 Å². The summed E-state index contributed by atoms with van der Waals surface area (Å²) in [6.45, 7) is 1.64. The Morgan fingerprint density at radius 3 is 2.39 bits per heavy atom. The zero-order chi connectivity index (χ0) is 13.0. The third-order valence-corrected chi connectivity index (χ3v) is 3.56. The van der Waals surface area contributed by atoms with Gasteiger partial charge in [0, 0.05) is 19.1 Å². The molecule has 0 atom stereocenters. The van der Waals surface area contributed by atoms with Gasteiger partial charge in [0.1, 0.15) is 0 Å². The highest BCUT2D eigenvalue weighted by molar-refractivity contribution is 5.87. The molecule has 1 aliphatic carbocycles. The van der Waals surface area contributed by atoms with Gasteiger partial charge in [0.25, 0.3) is 0 Å². The Balaban J connectivity index is 1.99. The van der Waals surface area contributed by atoms with E-state index in [1.54, 1.807) is 12.1 Å². The molecule has 0 spiro atoms. The molecule has 1 saturated carbocycles. The lowest BCUT2D eigenvalue weighted by molar-refractivity contribution is 0.0697. The molecule has 0 amide bonds. The van der Waals surface area contributed by atoms with Gasteiger partial charge in [-0.25, -0.2) is 4.79 Å². The van der Waals surface area contributed by atoms with E-state index in [0.29, 0.717) is 18.2 Å². The van der Waals surface area contributed by atoms with E-state index in [9.17, 15) is 4.79 Å². The number of aromatic carboxylic acids is 1. The molecular formula is C14H19NO3. The second-order valence-electron chi connectivity index (χ2n) is 4.78. The fourth-order valence-electron chi connectivity index (χ4n) is 2.26. The summed E-state index contributed by atoms with van der Waals surface area (Å²) in [5, 5.41) is 17.9. The summed E-state index contributed by atoms with van der Waals surface area (Å²) >= 11 is 0. The van der Waals surface area contributed by atoms with Crippen molar-refractivity contribution >= 4 is 5.97 Å². The van der Waals surface area contributed by atoms with Crippen LogP contribution in [0.2, 0.25) is 0 Å². The first kappa shape index (κ1) is 13.1. The molecule has 2 N–H and O–H groups in total. The minimum atomic E-state index is -0.896. The van der Waals surface area contributed by atoms with Crippen molar-refractivity contribution in [1.82, 2.24) is 4.90 Å². The summed E-state index contributed by atoms with van der Waals surface area (Å²) in [6.07, 6.45) is 3.67. The fourth-order valence-corrected chi connectivity index (χ4v) is 2.26. The van der Waals surface area contributed by atoms with E-state index >= 15 is 0 Å². The maximum Gasteiger partial charge on any atom is 0.335 e. The molecule has 4 nitrogen and oxygen atoms in total. The molecule has 1 fully saturated rings. The average Bonchev–Trinajstić information content (AvgIpc) is 2.27. The number of carboxylic acids is 1. The Morgan fingerprint density at radius 1 is 1.28 bits per heavy atom. The van der Waals surface area contributed by atoms with Crippen LogP contribution in [0.1, 0.15) is 35.2 Å². The van der Waals surface area contributed by atoms with Crippen molar-refractivity contribution in [2.75, 3.05) is 13.2 Å². The Bertz CT molecular complexity index is 398. The number of benzene rings is 1. The summed E-state index contributed by atoms with van der Waals surface area (Å²) in [7, 11) is 0. The highest BCUT2D eigenvalue weighted by Gasteiger charge is 2.24. The van der Waals surface area contributed by atoms with Crippen molar-refractivity contribution in [3.8, 4) is 0 Å². The lowest BCUT2D eigenvalue weighted by atomic mass is 9.91. The quantitative estimate of drug-likeness (QED) is 0.806. The van der Waals surface area contributed by atoms with Gasteiger partial charge in [-0.3, -0.25) is 4.90 Å². The number of nitrogens with zero attached hydrogens (tertiary/aromatic N) is 1. The smallest absolute Gasteiger partial charge is 0.335 e. The van der Waals surface area contributed by atoms with Gasteiger partial charge in [0.05, 0.1) is 12.2 Å². The van der Waals surface area contributed by atoms with Gasteiger partial charge in [0.2, 0.25) is 0 Å². The molecule has 0 bridgehead atoms. The SMILES string of the molecule is O=C(O)c1ccc(CN(CCO)C2CCC2)cc1. The van der Waals surface area contributed by atoms with Gasteiger partial charge in [-0.05, 0) is 30.5 Å². The van der Waals surface area contributed by atoms with E-state index in [-0.39, 0.29) is 6.61 Å². The maximum atomic E-state index is 10.8. The molecule has 1 aliphatic rings. The van der Waals surface area contributed by atoms with E-state index in [1.807, 2.05) is 12.1 Å². The van der Waals surface area contributed by atoms with Gasteiger partial charge in [-0.1, -0.05) is 18.6 Å². The summed E-state index contributed by atoms with van der Waals surface area (Å²) in [5.41, 5.74) is 1.41. The van der Waals surface area contributed by atoms with Crippen molar-refractivity contribution in [1.29, 1.82) is 0 Å². The maximum absolute atomic E-state index is 10.8. The molecule has 0 heterocycles. The van der Waals surface area contributed by atoms with Crippen molar-refractivity contribution < 1.29 is 15.0 Å². The van der Waals surface area contributed by atoms with Crippen LogP contribution in [0.15, 0.2) is 24.3 Å². The Labute approximate surface area is 107 Å². The van der Waals surface area contributed by atoms with Gasteiger partial charge >= 0.3 is 5.97 Å². The van der Waals surface area contributed by atoms with Crippen molar-refractivity contribution in [2.24, 2.45) is 0 Å². The van der Waals surface area contributed by atoms with Gasteiger partial charge in [0.15, 0.2) is 0 Å². The third kappa shape index (κ3) is 3.09. The zero-order valence-corrected chi connectivity index (χ0v) is 10.4. The monoisotopic (exact) mass is 249 g/mol. The molecule has 18 heavy (non-hydrogen) atoms. The summed E-state index contributed by atoms with van der Waals surface area (Å²) in [6, 6.07) is 7.56. The van der Waals surface area contributed by atoms with E-state index in [2.05, 4.69) is 4.90 Å². The van der Waals surface area contributed by atoms with Gasteiger partial charge in [-0.15, -0.1) is 0 Å². The molecule has 0 radical (unpaired) electrons. The van der Waals surface area contributed by atoms with Crippen LogP contribution in [-0.4, -0.2) is 40.3 Å².